The van der Waals surface area contributed by atoms with E-state index in [1.54, 1.807) is 0 Å². The lowest BCUT2D eigenvalue weighted by Gasteiger charge is -2.28. The molecule has 0 radical (unpaired) electrons. The monoisotopic (exact) mass is 306 g/mol. The Morgan fingerprint density at radius 1 is 1.25 bits per heavy atom. The van der Waals surface area contributed by atoms with Crippen LogP contribution in [0.15, 0.2) is 23.1 Å². The number of nitrogens with two attached hydrogens (primary N) is 1. The van der Waals surface area contributed by atoms with Crippen LogP contribution in [-0.2, 0) is 10.0 Å². The summed E-state index contributed by atoms with van der Waals surface area (Å²) in [5, 5.41) is 27.4. The Bertz CT molecular complexity index is 548. The van der Waals surface area contributed by atoms with Gasteiger partial charge in [-0.15, -0.1) is 0 Å². The van der Waals surface area contributed by atoms with Gasteiger partial charge in [-0.05, 0) is 12.1 Å². The van der Waals surface area contributed by atoms with Crippen molar-refractivity contribution in [1.82, 2.24) is 4.72 Å². The Kier molecular flexibility index (Phi) is 5.31. The number of aliphatic hydroxyl groups excluding tert-OH is 3. The number of benzene rings is 1. The van der Waals surface area contributed by atoms with E-state index < -0.39 is 35.4 Å². The lowest BCUT2D eigenvalue weighted by Crippen LogP contribution is -2.56. The average molecular weight is 306 g/mol. The number of nitrogen functional groups attached to an aromatic ring is 1. The van der Waals surface area contributed by atoms with E-state index in [4.69, 9.17) is 25.8 Å². The molecule has 0 unspecified atom stereocenters. The average Bonchev–Trinajstić information content (AvgIpc) is 2.45. The van der Waals surface area contributed by atoms with Gasteiger partial charge in [-0.1, -0.05) is 0 Å². The first kappa shape index (κ1) is 16.7. The molecule has 9 heteroatoms. The molecular formula is C11H18N2O6S. The van der Waals surface area contributed by atoms with Crippen LogP contribution in [-0.4, -0.2) is 56.2 Å². The van der Waals surface area contributed by atoms with Crippen LogP contribution in [0.4, 0.5) is 5.69 Å². The molecular weight excluding hydrogens is 288 g/mol. The summed E-state index contributed by atoms with van der Waals surface area (Å²) in [6.07, 6.45) is 0. The van der Waals surface area contributed by atoms with Crippen LogP contribution in [0.25, 0.3) is 0 Å². The van der Waals surface area contributed by atoms with Crippen LogP contribution < -0.4 is 15.2 Å². The van der Waals surface area contributed by atoms with E-state index in [2.05, 4.69) is 4.72 Å². The zero-order valence-corrected chi connectivity index (χ0v) is 11.7. The van der Waals surface area contributed by atoms with E-state index in [1.807, 2.05) is 0 Å². The SMILES string of the molecule is COc1cc(S(=O)(=O)NC(CO)(CO)CO)ccc1N. The fourth-order valence-electron chi connectivity index (χ4n) is 1.45. The zero-order valence-electron chi connectivity index (χ0n) is 10.9. The standard InChI is InChI=1S/C11H18N2O6S/c1-19-10-4-8(2-3-9(10)12)20(17,18)13-11(5-14,6-15)7-16/h2-4,13-16H,5-7,12H2,1H3. The maximum atomic E-state index is 12.2. The molecule has 0 aliphatic heterocycles. The van der Waals surface area contributed by atoms with E-state index in [0.717, 1.165) is 0 Å². The Hall–Kier alpha value is -1.39. The summed E-state index contributed by atoms with van der Waals surface area (Å²) < 4.78 is 31.3. The third-order valence-electron chi connectivity index (χ3n) is 2.77. The molecule has 0 amide bonds. The predicted molar refractivity (Wildman–Crippen MR) is 71.7 cm³/mol. The predicted octanol–water partition coefficient (Wildman–Crippen LogP) is -1.73. The molecule has 0 bridgehead atoms. The Morgan fingerprint density at radius 2 is 1.80 bits per heavy atom. The Balaban J connectivity index is 3.17. The van der Waals surface area contributed by atoms with Crippen molar-refractivity contribution in [2.24, 2.45) is 0 Å². The van der Waals surface area contributed by atoms with Crippen molar-refractivity contribution in [2.45, 2.75) is 10.4 Å². The van der Waals surface area contributed by atoms with Gasteiger partial charge in [0.2, 0.25) is 10.0 Å². The third-order valence-corrected chi connectivity index (χ3v) is 4.35. The summed E-state index contributed by atoms with van der Waals surface area (Å²) >= 11 is 0. The molecule has 0 aliphatic carbocycles. The lowest BCUT2D eigenvalue weighted by molar-refractivity contribution is 0.0582. The highest BCUT2D eigenvalue weighted by Crippen LogP contribution is 2.25. The van der Waals surface area contributed by atoms with Crippen LogP contribution >= 0.6 is 0 Å². The van der Waals surface area contributed by atoms with Crippen molar-refractivity contribution in [3.63, 3.8) is 0 Å². The van der Waals surface area contributed by atoms with E-state index in [1.165, 1.54) is 25.3 Å². The molecule has 0 spiro atoms. The third kappa shape index (κ3) is 3.38. The molecule has 114 valence electrons. The van der Waals surface area contributed by atoms with Gasteiger partial charge < -0.3 is 25.8 Å². The topological polar surface area (TPSA) is 142 Å². The number of hydrogen-bond acceptors (Lipinski definition) is 7. The van der Waals surface area contributed by atoms with Crippen molar-refractivity contribution in [3.05, 3.63) is 18.2 Å². The number of sulfonamides is 1. The molecule has 6 N–H and O–H groups in total. The number of methoxy groups -OCH3 is 1. The minimum atomic E-state index is -4.07. The number of nitrogens with one attached hydrogen (secondary N) is 1. The van der Waals surface area contributed by atoms with E-state index in [-0.39, 0.29) is 16.3 Å². The summed E-state index contributed by atoms with van der Waals surface area (Å²) in [5.74, 6) is 0.176. The lowest BCUT2D eigenvalue weighted by atomic mass is 10.1. The first-order valence-electron chi connectivity index (χ1n) is 5.64. The van der Waals surface area contributed by atoms with E-state index in [0.29, 0.717) is 0 Å². The first-order valence-corrected chi connectivity index (χ1v) is 7.12. The highest BCUT2D eigenvalue weighted by molar-refractivity contribution is 7.89. The second kappa shape index (κ2) is 6.37. The van der Waals surface area contributed by atoms with Gasteiger partial charge >= 0.3 is 0 Å². The normalized spacial score (nSPS) is 12.4. The fourth-order valence-corrected chi connectivity index (χ4v) is 2.84. The van der Waals surface area contributed by atoms with Gasteiger partial charge in [-0.2, -0.15) is 4.72 Å². The Labute approximate surface area is 116 Å². The zero-order chi connectivity index (χ0) is 15.4. The molecule has 1 aromatic rings. The summed E-state index contributed by atoms with van der Waals surface area (Å²) in [6, 6.07) is 3.80. The van der Waals surface area contributed by atoms with Crippen molar-refractivity contribution >= 4 is 15.7 Å². The van der Waals surface area contributed by atoms with Gasteiger partial charge in [0.25, 0.3) is 0 Å². The molecule has 0 fully saturated rings. The van der Waals surface area contributed by atoms with Crippen LogP contribution in [0.3, 0.4) is 0 Å². The number of aliphatic hydroxyl groups is 3. The largest absolute Gasteiger partial charge is 0.495 e. The van der Waals surface area contributed by atoms with Gasteiger partial charge in [0, 0.05) is 6.07 Å². The molecule has 20 heavy (non-hydrogen) atoms. The number of anilines is 1. The number of rotatable bonds is 7. The summed E-state index contributed by atoms with van der Waals surface area (Å²) in [4.78, 5) is -0.164. The minimum absolute atomic E-state index is 0.164. The van der Waals surface area contributed by atoms with Crippen molar-refractivity contribution in [1.29, 1.82) is 0 Å². The highest BCUT2D eigenvalue weighted by atomic mass is 32.2. The summed E-state index contributed by atoms with van der Waals surface area (Å²) in [7, 11) is -2.73. The van der Waals surface area contributed by atoms with E-state index >= 15 is 0 Å². The van der Waals surface area contributed by atoms with Gasteiger partial charge in [0.15, 0.2) is 0 Å². The van der Waals surface area contributed by atoms with Crippen LogP contribution in [0, 0.1) is 0 Å². The van der Waals surface area contributed by atoms with E-state index in [9.17, 15) is 8.42 Å². The maximum Gasteiger partial charge on any atom is 0.241 e. The smallest absolute Gasteiger partial charge is 0.241 e. The highest BCUT2D eigenvalue weighted by Gasteiger charge is 2.34. The second-order valence-corrected chi connectivity index (χ2v) is 5.95. The minimum Gasteiger partial charge on any atom is -0.495 e. The molecule has 1 aromatic carbocycles. The fraction of sp³-hybridized carbons (Fsp3) is 0.455. The molecule has 1 rings (SSSR count). The summed E-state index contributed by atoms with van der Waals surface area (Å²) in [6.45, 7) is -2.28. The van der Waals surface area contributed by atoms with Crippen LogP contribution in [0.5, 0.6) is 5.75 Å². The van der Waals surface area contributed by atoms with Gasteiger partial charge in [0.05, 0.1) is 37.5 Å². The van der Waals surface area contributed by atoms with Crippen molar-refractivity contribution in [3.8, 4) is 5.75 Å². The molecule has 8 nitrogen and oxygen atoms in total. The molecule has 0 saturated heterocycles. The van der Waals surface area contributed by atoms with Gasteiger partial charge in [0.1, 0.15) is 11.3 Å². The molecule has 0 aliphatic rings. The van der Waals surface area contributed by atoms with Crippen molar-refractivity contribution in [2.75, 3.05) is 32.7 Å². The van der Waals surface area contributed by atoms with Crippen LogP contribution in [0.2, 0.25) is 0 Å². The Morgan fingerprint density at radius 3 is 2.25 bits per heavy atom. The first-order chi connectivity index (χ1) is 9.34. The van der Waals surface area contributed by atoms with Crippen molar-refractivity contribution < 1.29 is 28.5 Å². The number of hydrogen-bond donors (Lipinski definition) is 5. The van der Waals surface area contributed by atoms with Crippen LogP contribution in [0.1, 0.15) is 0 Å². The molecule has 0 aromatic heterocycles. The second-order valence-electron chi connectivity index (χ2n) is 4.26. The molecule has 0 atom stereocenters. The maximum absolute atomic E-state index is 12.2. The molecule has 0 heterocycles. The molecule has 0 saturated carbocycles. The van der Waals surface area contributed by atoms with Gasteiger partial charge in [-0.3, -0.25) is 0 Å². The van der Waals surface area contributed by atoms with Gasteiger partial charge in [-0.25, -0.2) is 8.42 Å². The quantitative estimate of drug-likeness (QED) is 0.377. The number of ether oxygens (including phenoxy) is 1. The summed E-state index contributed by atoms with van der Waals surface area (Å²) in [5.41, 5.74) is 4.11.